The van der Waals surface area contributed by atoms with E-state index in [9.17, 15) is 4.39 Å². The van der Waals surface area contributed by atoms with E-state index >= 15 is 0 Å². The number of benzene rings is 1. The molecule has 1 atom stereocenters. The van der Waals surface area contributed by atoms with E-state index in [1.54, 1.807) is 6.07 Å². The third-order valence-electron chi connectivity index (χ3n) is 4.24. The van der Waals surface area contributed by atoms with E-state index in [-0.39, 0.29) is 5.82 Å². The highest BCUT2D eigenvalue weighted by molar-refractivity contribution is 5.23. The van der Waals surface area contributed by atoms with Gasteiger partial charge in [0.2, 0.25) is 0 Å². The summed E-state index contributed by atoms with van der Waals surface area (Å²) in [6.07, 6.45) is 2.26. The van der Waals surface area contributed by atoms with Crippen molar-refractivity contribution in [3.63, 3.8) is 0 Å². The summed E-state index contributed by atoms with van der Waals surface area (Å²) in [6.45, 7) is 9.02. The van der Waals surface area contributed by atoms with Crippen molar-refractivity contribution in [3.05, 3.63) is 35.6 Å². The van der Waals surface area contributed by atoms with E-state index in [0.717, 1.165) is 18.4 Å². The molecule has 1 fully saturated rings. The first-order valence-electron chi connectivity index (χ1n) is 6.88. The summed E-state index contributed by atoms with van der Waals surface area (Å²) in [6, 6.07) is 8.14. The largest absolute Gasteiger partial charge is 0.311 e. The lowest BCUT2D eigenvalue weighted by Crippen LogP contribution is -2.49. The normalized spacial score (nSPS) is 25.6. The molecule has 2 heteroatoms. The van der Waals surface area contributed by atoms with Gasteiger partial charge < -0.3 is 5.32 Å². The Hall–Kier alpha value is -0.890. The number of hydrogen-bond acceptors (Lipinski definition) is 1. The molecule has 100 valence electrons. The van der Waals surface area contributed by atoms with Gasteiger partial charge in [-0.15, -0.1) is 0 Å². The molecular weight excluding hydrogens is 225 g/mol. The minimum atomic E-state index is -0.119. The molecular formula is C16H24FN. The smallest absolute Gasteiger partial charge is 0.123 e. The van der Waals surface area contributed by atoms with Crippen LogP contribution in [0.5, 0.6) is 0 Å². The van der Waals surface area contributed by atoms with E-state index < -0.39 is 0 Å². The maximum atomic E-state index is 13.1. The van der Waals surface area contributed by atoms with Crippen LogP contribution in [0.2, 0.25) is 0 Å². The van der Waals surface area contributed by atoms with Gasteiger partial charge in [-0.1, -0.05) is 32.9 Å². The number of hydrogen-bond donors (Lipinski definition) is 1. The summed E-state index contributed by atoms with van der Waals surface area (Å²) >= 11 is 0. The van der Waals surface area contributed by atoms with E-state index in [4.69, 9.17) is 0 Å². The molecule has 1 saturated carbocycles. The predicted octanol–water partition coefficient (Wildman–Crippen LogP) is 4.10. The second kappa shape index (κ2) is 5.00. The van der Waals surface area contributed by atoms with E-state index in [1.165, 1.54) is 6.07 Å². The maximum Gasteiger partial charge on any atom is 0.123 e. The van der Waals surface area contributed by atoms with E-state index in [1.807, 2.05) is 12.1 Å². The molecule has 0 radical (unpaired) electrons. The van der Waals surface area contributed by atoms with Gasteiger partial charge in [0.15, 0.2) is 0 Å². The molecule has 2 rings (SSSR count). The monoisotopic (exact) mass is 249 g/mol. The first-order chi connectivity index (χ1) is 8.36. The van der Waals surface area contributed by atoms with Crippen LogP contribution in [0, 0.1) is 11.2 Å². The zero-order chi connectivity index (χ0) is 13.3. The predicted molar refractivity (Wildman–Crippen MR) is 74.2 cm³/mol. The van der Waals surface area contributed by atoms with E-state index in [2.05, 4.69) is 33.0 Å². The summed E-state index contributed by atoms with van der Waals surface area (Å²) in [7, 11) is 0. The quantitative estimate of drug-likeness (QED) is 0.850. The summed E-state index contributed by atoms with van der Waals surface area (Å²) in [4.78, 5) is 0. The molecule has 1 aromatic rings. The number of halogens is 1. The third kappa shape index (κ3) is 3.11. The van der Waals surface area contributed by atoms with Crippen LogP contribution in [0.1, 0.15) is 52.0 Å². The molecule has 0 spiro atoms. The molecule has 0 aliphatic heterocycles. The second-order valence-corrected chi connectivity index (χ2v) is 6.67. The van der Waals surface area contributed by atoms with Crippen molar-refractivity contribution in [2.45, 2.75) is 58.5 Å². The van der Waals surface area contributed by atoms with Crippen LogP contribution in [0.4, 0.5) is 4.39 Å². The Bertz CT molecular complexity index is 402. The average Bonchev–Trinajstić information content (AvgIpc) is 2.20. The Kier molecular flexibility index (Phi) is 3.76. The van der Waals surface area contributed by atoms with Crippen LogP contribution >= 0.6 is 0 Å². The van der Waals surface area contributed by atoms with Crippen molar-refractivity contribution < 1.29 is 4.39 Å². The van der Waals surface area contributed by atoms with E-state index in [0.29, 0.717) is 23.4 Å². The lowest BCUT2D eigenvalue weighted by atomic mass is 9.74. The van der Waals surface area contributed by atoms with Crippen LogP contribution in [0.25, 0.3) is 0 Å². The summed E-state index contributed by atoms with van der Waals surface area (Å²) < 4.78 is 13.1. The molecule has 0 bridgehead atoms. The maximum absolute atomic E-state index is 13.1. The number of rotatable bonds is 3. The highest BCUT2D eigenvalue weighted by Gasteiger charge is 2.33. The van der Waals surface area contributed by atoms with Gasteiger partial charge in [0.25, 0.3) is 0 Å². The second-order valence-electron chi connectivity index (χ2n) is 6.67. The Morgan fingerprint density at radius 1 is 1.28 bits per heavy atom. The average molecular weight is 249 g/mol. The molecule has 1 aliphatic carbocycles. The minimum Gasteiger partial charge on any atom is -0.311 e. The molecule has 18 heavy (non-hydrogen) atoms. The topological polar surface area (TPSA) is 12.0 Å². The molecule has 1 aliphatic rings. The zero-order valence-corrected chi connectivity index (χ0v) is 11.8. The lowest BCUT2D eigenvalue weighted by Gasteiger charge is -2.41. The van der Waals surface area contributed by atoms with Gasteiger partial charge in [-0.05, 0) is 48.8 Å². The molecule has 1 unspecified atom stereocenters. The molecule has 1 aromatic carbocycles. The third-order valence-corrected chi connectivity index (χ3v) is 4.24. The van der Waals surface area contributed by atoms with Gasteiger partial charge in [-0.3, -0.25) is 0 Å². The van der Waals surface area contributed by atoms with Crippen LogP contribution in [-0.4, -0.2) is 12.1 Å². The Morgan fingerprint density at radius 3 is 2.50 bits per heavy atom. The van der Waals surface area contributed by atoms with Crippen LogP contribution in [0.15, 0.2) is 24.3 Å². The first-order valence-corrected chi connectivity index (χ1v) is 6.88. The SMILES string of the molecule is CC(NC1CC(c2cccc(F)c2)C1)C(C)(C)C. The minimum absolute atomic E-state index is 0.119. The Morgan fingerprint density at radius 2 is 1.94 bits per heavy atom. The van der Waals surface area contributed by atoms with Crippen molar-refractivity contribution in [1.29, 1.82) is 0 Å². The number of nitrogens with one attached hydrogen (secondary N) is 1. The highest BCUT2D eigenvalue weighted by atomic mass is 19.1. The van der Waals surface area contributed by atoms with Gasteiger partial charge >= 0.3 is 0 Å². The van der Waals surface area contributed by atoms with Crippen molar-refractivity contribution in [2.75, 3.05) is 0 Å². The van der Waals surface area contributed by atoms with Gasteiger partial charge in [-0.2, -0.15) is 0 Å². The van der Waals surface area contributed by atoms with Gasteiger partial charge in [0, 0.05) is 12.1 Å². The fraction of sp³-hybridized carbons (Fsp3) is 0.625. The zero-order valence-electron chi connectivity index (χ0n) is 11.8. The van der Waals surface area contributed by atoms with Crippen molar-refractivity contribution in [1.82, 2.24) is 5.32 Å². The van der Waals surface area contributed by atoms with Crippen LogP contribution < -0.4 is 5.32 Å². The Balaban J connectivity index is 1.84. The van der Waals surface area contributed by atoms with Crippen molar-refractivity contribution in [3.8, 4) is 0 Å². The fourth-order valence-corrected chi connectivity index (χ4v) is 2.39. The molecule has 0 amide bonds. The van der Waals surface area contributed by atoms with Gasteiger partial charge in [0.05, 0.1) is 0 Å². The summed E-state index contributed by atoms with van der Waals surface area (Å²) in [5.41, 5.74) is 1.45. The fourth-order valence-electron chi connectivity index (χ4n) is 2.39. The molecule has 0 saturated heterocycles. The van der Waals surface area contributed by atoms with Gasteiger partial charge in [0.1, 0.15) is 5.82 Å². The summed E-state index contributed by atoms with van der Waals surface area (Å²) in [5, 5.41) is 3.68. The van der Waals surface area contributed by atoms with Crippen molar-refractivity contribution >= 4 is 0 Å². The highest BCUT2D eigenvalue weighted by Crippen LogP contribution is 2.38. The standard InChI is InChI=1S/C16H24FN/c1-11(16(2,3)4)18-15-9-13(10-15)12-6-5-7-14(17)8-12/h5-8,11,13,15,18H,9-10H2,1-4H3. The van der Waals surface area contributed by atoms with Crippen LogP contribution in [-0.2, 0) is 0 Å². The Labute approximate surface area is 110 Å². The van der Waals surface area contributed by atoms with Gasteiger partial charge in [-0.25, -0.2) is 4.39 Å². The van der Waals surface area contributed by atoms with Crippen LogP contribution in [0.3, 0.4) is 0 Å². The molecule has 1 nitrogen and oxygen atoms in total. The molecule has 0 heterocycles. The lowest BCUT2D eigenvalue weighted by molar-refractivity contribution is 0.202. The molecule has 0 aromatic heterocycles. The first kappa shape index (κ1) is 13.5. The summed E-state index contributed by atoms with van der Waals surface area (Å²) in [5.74, 6) is 0.414. The molecule has 1 N–H and O–H groups in total. The van der Waals surface area contributed by atoms with Crippen molar-refractivity contribution in [2.24, 2.45) is 5.41 Å².